The molecule has 0 aliphatic carbocycles. The number of hydrogen-bond acceptors (Lipinski definition) is 1. The summed E-state index contributed by atoms with van der Waals surface area (Å²) in [5.74, 6) is -0.320. The molecule has 0 atom stereocenters. The number of halogens is 2. The van der Waals surface area contributed by atoms with Crippen molar-refractivity contribution in [3.63, 3.8) is 0 Å². The first-order chi connectivity index (χ1) is 6.06. The van der Waals surface area contributed by atoms with Gasteiger partial charge in [-0.05, 0) is 31.0 Å². The maximum atomic E-state index is 13.5. The van der Waals surface area contributed by atoms with E-state index in [0.29, 0.717) is 22.6 Å². The summed E-state index contributed by atoms with van der Waals surface area (Å²) < 4.78 is 13.5. The lowest BCUT2D eigenvalue weighted by Gasteiger charge is -2.06. The van der Waals surface area contributed by atoms with Gasteiger partial charge in [-0.3, -0.25) is 0 Å². The van der Waals surface area contributed by atoms with Crippen LogP contribution in [0.2, 0.25) is 5.02 Å². The van der Waals surface area contributed by atoms with Crippen molar-refractivity contribution in [1.82, 2.24) is 0 Å². The second kappa shape index (κ2) is 3.88. The zero-order chi connectivity index (χ0) is 10.0. The fraction of sp³-hybridized carbons (Fsp3) is 0.300. The summed E-state index contributed by atoms with van der Waals surface area (Å²) >= 11 is 5.78. The highest BCUT2D eigenvalue weighted by molar-refractivity contribution is 6.31. The second-order valence-corrected chi connectivity index (χ2v) is 3.34. The lowest BCUT2D eigenvalue weighted by Crippen LogP contribution is -2.00. The molecule has 0 fully saturated rings. The summed E-state index contributed by atoms with van der Waals surface area (Å²) in [7, 11) is 0. The van der Waals surface area contributed by atoms with Gasteiger partial charge in [0.2, 0.25) is 0 Å². The van der Waals surface area contributed by atoms with Gasteiger partial charge < -0.3 is 5.41 Å². The molecule has 0 aromatic heterocycles. The maximum absolute atomic E-state index is 13.5. The van der Waals surface area contributed by atoms with E-state index in [4.69, 9.17) is 17.0 Å². The topological polar surface area (TPSA) is 23.9 Å². The fourth-order valence-electron chi connectivity index (χ4n) is 1.18. The summed E-state index contributed by atoms with van der Waals surface area (Å²) in [6, 6.07) is 3.09. The van der Waals surface area contributed by atoms with Crippen molar-refractivity contribution in [3.8, 4) is 0 Å². The molecule has 0 spiro atoms. The molecule has 0 aliphatic rings. The van der Waals surface area contributed by atoms with Crippen molar-refractivity contribution in [2.24, 2.45) is 0 Å². The van der Waals surface area contributed by atoms with Crippen LogP contribution in [0, 0.1) is 11.2 Å². The van der Waals surface area contributed by atoms with E-state index in [0.717, 1.165) is 0 Å². The Morgan fingerprint density at radius 3 is 2.62 bits per heavy atom. The standard InChI is InChI=1S/C10H11ClFN/c1-3-7-4-8(11)5-9(6(2)13)10(7)12/h4-5,13H,3H2,1-2H3. The molecule has 0 saturated carbocycles. The van der Waals surface area contributed by atoms with Crippen molar-refractivity contribution in [3.05, 3.63) is 34.1 Å². The highest BCUT2D eigenvalue weighted by Gasteiger charge is 2.09. The molecule has 0 unspecified atom stereocenters. The Labute approximate surface area is 82.0 Å². The average Bonchev–Trinajstić information content (AvgIpc) is 2.08. The van der Waals surface area contributed by atoms with E-state index in [1.807, 2.05) is 6.92 Å². The largest absolute Gasteiger partial charge is 0.305 e. The van der Waals surface area contributed by atoms with Crippen LogP contribution in [0.3, 0.4) is 0 Å². The number of aryl methyl sites for hydroxylation is 1. The van der Waals surface area contributed by atoms with E-state index in [1.54, 1.807) is 13.0 Å². The zero-order valence-electron chi connectivity index (χ0n) is 7.62. The first-order valence-electron chi connectivity index (χ1n) is 4.09. The normalized spacial score (nSPS) is 10.2. The molecule has 1 aromatic carbocycles. The highest BCUT2D eigenvalue weighted by Crippen LogP contribution is 2.20. The van der Waals surface area contributed by atoms with Gasteiger partial charge in [-0.1, -0.05) is 18.5 Å². The molecule has 0 radical (unpaired) electrons. The molecular formula is C10H11ClFN. The fourth-order valence-corrected chi connectivity index (χ4v) is 1.42. The summed E-state index contributed by atoms with van der Waals surface area (Å²) in [6.45, 7) is 3.41. The van der Waals surface area contributed by atoms with Crippen LogP contribution in [0.15, 0.2) is 12.1 Å². The van der Waals surface area contributed by atoms with Gasteiger partial charge in [0.25, 0.3) is 0 Å². The Bertz CT molecular complexity index is 347. The molecule has 1 nitrogen and oxygen atoms in total. The first kappa shape index (κ1) is 10.2. The molecule has 3 heteroatoms. The molecule has 1 aromatic rings. The van der Waals surface area contributed by atoms with Crippen molar-refractivity contribution >= 4 is 17.3 Å². The summed E-state index contributed by atoms with van der Waals surface area (Å²) in [6.07, 6.45) is 0.590. The molecule has 0 heterocycles. The van der Waals surface area contributed by atoms with Crippen LogP contribution >= 0.6 is 11.6 Å². The molecule has 13 heavy (non-hydrogen) atoms. The van der Waals surface area contributed by atoms with Gasteiger partial charge in [-0.2, -0.15) is 0 Å². The van der Waals surface area contributed by atoms with Gasteiger partial charge in [0.15, 0.2) is 0 Å². The minimum absolute atomic E-state index is 0.203. The predicted molar refractivity (Wildman–Crippen MR) is 53.3 cm³/mol. The van der Waals surface area contributed by atoms with Crippen LogP contribution in [0.5, 0.6) is 0 Å². The summed E-state index contributed by atoms with van der Waals surface area (Å²) in [5.41, 5.74) is 1.06. The van der Waals surface area contributed by atoms with E-state index < -0.39 is 0 Å². The van der Waals surface area contributed by atoms with Gasteiger partial charge in [0, 0.05) is 16.3 Å². The van der Waals surface area contributed by atoms with Crippen LogP contribution < -0.4 is 0 Å². The molecule has 0 bridgehead atoms. The molecular weight excluding hydrogens is 189 g/mol. The van der Waals surface area contributed by atoms with Crippen molar-refractivity contribution in [1.29, 1.82) is 5.41 Å². The molecule has 1 rings (SSSR count). The third-order valence-corrected chi connectivity index (χ3v) is 2.12. The van der Waals surface area contributed by atoms with Crippen molar-refractivity contribution in [2.45, 2.75) is 20.3 Å². The highest BCUT2D eigenvalue weighted by atomic mass is 35.5. The number of rotatable bonds is 2. The lowest BCUT2D eigenvalue weighted by atomic mass is 10.0. The van der Waals surface area contributed by atoms with E-state index in [9.17, 15) is 4.39 Å². The maximum Gasteiger partial charge on any atom is 0.135 e. The van der Waals surface area contributed by atoms with Gasteiger partial charge in [0.1, 0.15) is 5.82 Å². The monoisotopic (exact) mass is 199 g/mol. The van der Waals surface area contributed by atoms with Gasteiger partial charge >= 0.3 is 0 Å². The Balaban J connectivity index is 3.35. The Kier molecular flexibility index (Phi) is 3.04. The Hall–Kier alpha value is -0.890. The minimum atomic E-state index is -0.320. The molecule has 0 aliphatic heterocycles. The quantitative estimate of drug-likeness (QED) is 0.706. The van der Waals surface area contributed by atoms with E-state index in [2.05, 4.69) is 0 Å². The van der Waals surface area contributed by atoms with Crippen molar-refractivity contribution in [2.75, 3.05) is 0 Å². The Morgan fingerprint density at radius 2 is 2.15 bits per heavy atom. The van der Waals surface area contributed by atoms with E-state index >= 15 is 0 Å². The molecule has 0 amide bonds. The minimum Gasteiger partial charge on any atom is -0.305 e. The van der Waals surface area contributed by atoms with Crippen LogP contribution in [-0.2, 0) is 6.42 Å². The molecule has 0 saturated heterocycles. The predicted octanol–water partition coefficient (Wildman–Crippen LogP) is 3.43. The van der Waals surface area contributed by atoms with Gasteiger partial charge in [-0.15, -0.1) is 0 Å². The second-order valence-electron chi connectivity index (χ2n) is 2.91. The third-order valence-electron chi connectivity index (χ3n) is 1.90. The van der Waals surface area contributed by atoms with Crippen molar-refractivity contribution < 1.29 is 4.39 Å². The molecule has 1 N–H and O–H groups in total. The van der Waals surface area contributed by atoms with Crippen LogP contribution in [0.25, 0.3) is 0 Å². The first-order valence-corrected chi connectivity index (χ1v) is 4.47. The molecule has 70 valence electrons. The van der Waals surface area contributed by atoms with E-state index in [1.165, 1.54) is 6.07 Å². The smallest absolute Gasteiger partial charge is 0.135 e. The number of hydrogen-bond donors (Lipinski definition) is 1. The van der Waals surface area contributed by atoms with Crippen LogP contribution in [0.4, 0.5) is 4.39 Å². The summed E-state index contributed by atoms with van der Waals surface area (Å²) in [5, 5.41) is 7.83. The Morgan fingerprint density at radius 1 is 1.54 bits per heavy atom. The summed E-state index contributed by atoms with van der Waals surface area (Å²) in [4.78, 5) is 0. The number of benzene rings is 1. The number of nitrogens with one attached hydrogen (secondary N) is 1. The SMILES string of the molecule is CCc1cc(Cl)cc(C(C)=N)c1F. The van der Waals surface area contributed by atoms with Gasteiger partial charge in [-0.25, -0.2) is 4.39 Å². The van der Waals surface area contributed by atoms with E-state index in [-0.39, 0.29) is 11.5 Å². The third kappa shape index (κ3) is 2.07. The van der Waals surface area contributed by atoms with Gasteiger partial charge in [0.05, 0.1) is 0 Å². The lowest BCUT2D eigenvalue weighted by molar-refractivity contribution is 0.609. The van der Waals surface area contributed by atoms with Crippen LogP contribution in [-0.4, -0.2) is 5.71 Å². The van der Waals surface area contributed by atoms with Crippen LogP contribution in [0.1, 0.15) is 25.0 Å². The average molecular weight is 200 g/mol. The zero-order valence-corrected chi connectivity index (χ0v) is 8.37.